The van der Waals surface area contributed by atoms with Crippen LogP contribution < -0.4 is 0 Å². The van der Waals surface area contributed by atoms with E-state index in [2.05, 4.69) is 0 Å². The summed E-state index contributed by atoms with van der Waals surface area (Å²) in [6, 6.07) is 3.93. The predicted octanol–water partition coefficient (Wildman–Crippen LogP) is 3.36. The summed E-state index contributed by atoms with van der Waals surface area (Å²) in [5.74, 6) is -0.0799. The molecule has 0 spiro atoms. The summed E-state index contributed by atoms with van der Waals surface area (Å²) in [5, 5.41) is 0. The molecule has 3 heteroatoms. The summed E-state index contributed by atoms with van der Waals surface area (Å²) in [5.41, 5.74) is 3.57. The Morgan fingerprint density at radius 1 is 1.18 bits per heavy atom. The van der Waals surface area contributed by atoms with Crippen LogP contribution in [0, 0.1) is 26.7 Å². The lowest BCUT2D eigenvalue weighted by Crippen LogP contribution is -2.12. The van der Waals surface area contributed by atoms with Gasteiger partial charge in [-0.25, -0.2) is 4.79 Å². The molecule has 94 valence electrons. The van der Waals surface area contributed by atoms with Crippen LogP contribution >= 0.6 is 0 Å². The largest absolute Gasteiger partial charge is 0.373 e. The van der Waals surface area contributed by atoms with Crippen molar-refractivity contribution in [2.24, 2.45) is 5.92 Å². The molecule has 0 radical (unpaired) electrons. The highest BCUT2D eigenvalue weighted by atomic mass is 17.2. The van der Waals surface area contributed by atoms with Crippen LogP contribution in [0.5, 0.6) is 0 Å². The molecule has 17 heavy (non-hydrogen) atoms. The van der Waals surface area contributed by atoms with Crippen molar-refractivity contribution < 1.29 is 14.6 Å². The van der Waals surface area contributed by atoms with Crippen molar-refractivity contribution in [3.63, 3.8) is 0 Å². The van der Waals surface area contributed by atoms with Crippen molar-refractivity contribution in [1.82, 2.24) is 0 Å². The molecule has 0 saturated carbocycles. The summed E-state index contributed by atoms with van der Waals surface area (Å²) in [6.45, 7) is 10.2. The van der Waals surface area contributed by atoms with Crippen molar-refractivity contribution in [3.05, 3.63) is 34.4 Å². The summed E-state index contributed by atoms with van der Waals surface area (Å²) in [7, 11) is 0. The third-order valence-corrected chi connectivity index (χ3v) is 2.42. The van der Waals surface area contributed by atoms with E-state index in [1.165, 1.54) is 0 Å². The molecule has 0 aliphatic carbocycles. The molecule has 0 aromatic heterocycles. The Bertz CT molecular complexity index is 385. The smallest absolute Gasteiger partial charge is 0.293 e. The first-order chi connectivity index (χ1) is 7.91. The van der Waals surface area contributed by atoms with E-state index in [1.54, 1.807) is 0 Å². The maximum atomic E-state index is 11.8. The molecule has 0 saturated heterocycles. The van der Waals surface area contributed by atoms with Crippen molar-refractivity contribution in [2.45, 2.75) is 34.6 Å². The van der Waals surface area contributed by atoms with Gasteiger partial charge in [0.05, 0.1) is 12.2 Å². The molecule has 0 aliphatic rings. The van der Waals surface area contributed by atoms with Gasteiger partial charge in [-0.05, 0) is 37.8 Å². The number of hydrogen-bond acceptors (Lipinski definition) is 3. The normalized spacial score (nSPS) is 10.7. The van der Waals surface area contributed by atoms with Crippen molar-refractivity contribution in [2.75, 3.05) is 6.61 Å². The van der Waals surface area contributed by atoms with Crippen molar-refractivity contribution in [1.29, 1.82) is 0 Å². The molecule has 0 N–H and O–H groups in total. The molecular weight excluding hydrogens is 216 g/mol. The van der Waals surface area contributed by atoms with Crippen LogP contribution in [-0.4, -0.2) is 12.6 Å². The van der Waals surface area contributed by atoms with Gasteiger partial charge in [0.2, 0.25) is 0 Å². The van der Waals surface area contributed by atoms with E-state index < -0.39 is 5.97 Å². The third-order valence-electron chi connectivity index (χ3n) is 2.42. The van der Waals surface area contributed by atoms with Gasteiger partial charge < -0.3 is 0 Å². The molecule has 0 aliphatic heterocycles. The monoisotopic (exact) mass is 236 g/mol. The van der Waals surface area contributed by atoms with Crippen LogP contribution in [-0.2, 0) is 9.78 Å². The zero-order valence-electron chi connectivity index (χ0n) is 11.2. The Hall–Kier alpha value is -1.35. The Morgan fingerprint density at radius 3 is 2.18 bits per heavy atom. The summed E-state index contributed by atoms with van der Waals surface area (Å²) in [6.07, 6.45) is 0. The van der Waals surface area contributed by atoms with Crippen LogP contribution in [0.25, 0.3) is 0 Å². The SMILES string of the molecule is Cc1cc(C)c(C(=O)OOCC(C)C)c(C)c1. The zero-order valence-corrected chi connectivity index (χ0v) is 11.2. The van der Waals surface area contributed by atoms with Crippen LogP contribution in [0.1, 0.15) is 40.9 Å². The highest BCUT2D eigenvalue weighted by Crippen LogP contribution is 2.17. The predicted molar refractivity (Wildman–Crippen MR) is 66.9 cm³/mol. The average Bonchev–Trinajstić information content (AvgIpc) is 2.14. The first-order valence-corrected chi connectivity index (χ1v) is 5.83. The Labute approximate surface area is 103 Å². The second-order valence-electron chi connectivity index (χ2n) is 4.82. The standard InChI is InChI=1S/C14H20O3/c1-9(2)8-16-17-14(15)13-11(4)6-10(3)7-12(13)5/h6-7,9H,8H2,1-5H3. The van der Waals surface area contributed by atoms with Crippen LogP contribution in [0.2, 0.25) is 0 Å². The molecule has 0 atom stereocenters. The lowest BCUT2D eigenvalue weighted by atomic mass is 10.0. The Morgan fingerprint density at radius 2 is 1.71 bits per heavy atom. The first-order valence-electron chi connectivity index (χ1n) is 5.83. The minimum atomic E-state index is -0.416. The van der Waals surface area contributed by atoms with E-state index in [0.717, 1.165) is 16.7 Å². The second kappa shape index (κ2) is 5.82. The van der Waals surface area contributed by atoms with E-state index in [1.807, 2.05) is 46.8 Å². The van der Waals surface area contributed by atoms with E-state index in [0.29, 0.717) is 18.1 Å². The molecule has 0 amide bonds. The quantitative estimate of drug-likeness (QED) is 0.594. The van der Waals surface area contributed by atoms with Gasteiger partial charge >= 0.3 is 5.97 Å². The molecule has 1 aromatic carbocycles. The first kappa shape index (κ1) is 13.7. The molecule has 0 unspecified atom stereocenters. The van der Waals surface area contributed by atoms with E-state index >= 15 is 0 Å². The van der Waals surface area contributed by atoms with Gasteiger partial charge in [-0.1, -0.05) is 31.5 Å². The topological polar surface area (TPSA) is 35.5 Å². The minimum absolute atomic E-state index is 0.336. The zero-order chi connectivity index (χ0) is 13.0. The van der Waals surface area contributed by atoms with Crippen molar-refractivity contribution in [3.8, 4) is 0 Å². The molecule has 1 rings (SSSR count). The third kappa shape index (κ3) is 3.86. The van der Waals surface area contributed by atoms with Gasteiger partial charge in [0.25, 0.3) is 0 Å². The second-order valence-corrected chi connectivity index (χ2v) is 4.82. The van der Waals surface area contributed by atoms with Gasteiger partial charge in [-0.15, -0.1) is 0 Å². The summed E-state index contributed by atoms with van der Waals surface area (Å²) in [4.78, 5) is 21.5. The molecular formula is C14H20O3. The maximum absolute atomic E-state index is 11.8. The van der Waals surface area contributed by atoms with Gasteiger partial charge in [0.15, 0.2) is 0 Å². The van der Waals surface area contributed by atoms with Crippen LogP contribution in [0.3, 0.4) is 0 Å². The Kier molecular flexibility index (Phi) is 4.70. The van der Waals surface area contributed by atoms with Gasteiger partial charge in [-0.2, -0.15) is 4.89 Å². The number of carbonyl (C=O) groups is 1. The lowest BCUT2D eigenvalue weighted by Gasteiger charge is -2.10. The minimum Gasteiger partial charge on any atom is -0.293 e. The Balaban J connectivity index is 2.76. The molecule has 0 heterocycles. The maximum Gasteiger partial charge on any atom is 0.373 e. The van der Waals surface area contributed by atoms with Crippen molar-refractivity contribution >= 4 is 5.97 Å². The summed E-state index contributed by atoms with van der Waals surface area (Å²) >= 11 is 0. The molecule has 0 fully saturated rings. The number of aryl methyl sites for hydroxylation is 3. The fraction of sp³-hybridized carbons (Fsp3) is 0.500. The molecule has 0 bridgehead atoms. The number of rotatable bonds is 4. The molecule has 3 nitrogen and oxygen atoms in total. The van der Waals surface area contributed by atoms with E-state index in [9.17, 15) is 4.79 Å². The number of benzene rings is 1. The average molecular weight is 236 g/mol. The fourth-order valence-electron chi connectivity index (χ4n) is 1.77. The fourth-order valence-corrected chi connectivity index (χ4v) is 1.77. The molecule has 1 aromatic rings. The van der Waals surface area contributed by atoms with Gasteiger partial charge in [0, 0.05) is 0 Å². The number of carbonyl (C=O) groups excluding carboxylic acids is 1. The highest BCUT2D eigenvalue weighted by Gasteiger charge is 2.15. The van der Waals surface area contributed by atoms with Gasteiger partial charge in [-0.3, -0.25) is 4.89 Å². The highest BCUT2D eigenvalue weighted by molar-refractivity contribution is 5.92. The van der Waals surface area contributed by atoms with E-state index in [4.69, 9.17) is 9.78 Å². The summed E-state index contributed by atoms with van der Waals surface area (Å²) < 4.78 is 0. The van der Waals surface area contributed by atoms with E-state index in [-0.39, 0.29) is 0 Å². The van der Waals surface area contributed by atoms with Crippen LogP contribution in [0.4, 0.5) is 0 Å². The lowest BCUT2D eigenvalue weighted by molar-refractivity contribution is -0.247. The van der Waals surface area contributed by atoms with Gasteiger partial charge in [0.1, 0.15) is 0 Å². The number of hydrogen-bond donors (Lipinski definition) is 0. The van der Waals surface area contributed by atoms with Crippen LogP contribution in [0.15, 0.2) is 12.1 Å².